The summed E-state index contributed by atoms with van der Waals surface area (Å²) < 4.78 is 0. The summed E-state index contributed by atoms with van der Waals surface area (Å²) in [5.74, 6) is 1.36. The minimum absolute atomic E-state index is 0.127. The summed E-state index contributed by atoms with van der Waals surface area (Å²) >= 11 is 0. The first-order valence-corrected chi connectivity index (χ1v) is 9.20. The molecule has 1 aliphatic heterocycles. The Hall–Kier alpha value is -0.770. The van der Waals surface area contributed by atoms with E-state index in [1.54, 1.807) is 0 Å². The van der Waals surface area contributed by atoms with Crippen molar-refractivity contribution in [2.24, 2.45) is 11.8 Å². The van der Waals surface area contributed by atoms with Gasteiger partial charge in [0, 0.05) is 38.8 Å². The van der Waals surface area contributed by atoms with Crippen molar-refractivity contribution in [3.8, 4) is 0 Å². The lowest BCUT2D eigenvalue weighted by molar-refractivity contribution is 0.0424. The lowest BCUT2D eigenvalue weighted by atomic mass is 10.0. The third-order valence-corrected chi connectivity index (χ3v) is 4.17. The van der Waals surface area contributed by atoms with Crippen LogP contribution in [0.4, 0.5) is 4.79 Å². The molecule has 1 saturated heterocycles. The summed E-state index contributed by atoms with van der Waals surface area (Å²) in [7, 11) is 0. The van der Waals surface area contributed by atoms with E-state index in [0.29, 0.717) is 17.9 Å². The summed E-state index contributed by atoms with van der Waals surface area (Å²) in [6, 6.07) is 0.678. The highest BCUT2D eigenvalue weighted by Crippen LogP contribution is 2.18. The van der Waals surface area contributed by atoms with Crippen LogP contribution in [-0.2, 0) is 0 Å². The predicted molar refractivity (Wildman–Crippen MR) is 94.2 cm³/mol. The Labute approximate surface area is 137 Å². The average molecular weight is 312 g/mol. The van der Waals surface area contributed by atoms with E-state index < -0.39 is 0 Å². The molecule has 0 atom stereocenters. The van der Waals surface area contributed by atoms with Crippen LogP contribution in [0.1, 0.15) is 60.3 Å². The zero-order chi connectivity index (χ0) is 16.5. The van der Waals surface area contributed by atoms with Crippen molar-refractivity contribution < 1.29 is 4.79 Å². The molecule has 1 fully saturated rings. The van der Waals surface area contributed by atoms with Gasteiger partial charge in [0.05, 0.1) is 0 Å². The quantitative estimate of drug-likeness (QED) is 0.626. The lowest BCUT2D eigenvalue weighted by Gasteiger charge is -2.46. The highest BCUT2D eigenvalue weighted by molar-refractivity contribution is 5.75. The topological polar surface area (TPSA) is 35.6 Å². The number of amides is 2. The van der Waals surface area contributed by atoms with Crippen LogP contribution in [-0.4, -0.2) is 54.6 Å². The molecule has 0 bridgehead atoms. The standard InChI is InChI=1S/C18H37N3O/c1-6-7-8-9-10-19-18(22)21-13-17(14-21)20(11-15(2)3)12-16(4)5/h15-17H,6-14H2,1-5H3,(H,19,22). The summed E-state index contributed by atoms with van der Waals surface area (Å²) in [6.07, 6.45) is 4.82. The third-order valence-electron chi connectivity index (χ3n) is 4.17. The molecule has 4 nitrogen and oxygen atoms in total. The van der Waals surface area contributed by atoms with Crippen LogP contribution in [0.25, 0.3) is 0 Å². The van der Waals surface area contributed by atoms with Gasteiger partial charge in [-0.1, -0.05) is 53.9 Å². The monoisotopic (exact) mass is 311 g/mol. The SMILES string of the molecule is CCCCCCNC(=O)N1CC(N(CC(C)C)CC(C)C)C1. The largest absolute Gasteiger partial charge is 0.338 e. The molecule has 130 valence electrons. The zero-order valence-corrected chi connectivity index (χ0v) is 15.4. The molecule has 2 amide bonds. The van der Waals surface area contributed by atoms with Crippen molar-refractivity contribution >= 4 is 6.03 Å². The Balaban J connectivity index is 2.25. The van der Waals surface area contributed by atoms with E-state index in [1.807, 2.05) is 4.90 Å². The number of likely N-dealkylation sites (tertiary alicyclic amines) is 1. The number of nitrogens with one attached hydrogen (secondary N) is 1. The van der Waals surface area contributed by atoms with Crippen LogP contribution in [0.2, 0.25) is 0 Å². The number of carbonyl (C=O) groups excluding carboxylic acids is 1. The molecule has 0 unspecified atom stereocenters. The van der Waals surface area contributed by atoms with Crippen LogP contribution >= 0.6 is 0 Å². The Morgan fingerprint density at radius 1 is 1.09 bits per heavy atom. The molecule has 4 heteroatoms. The van der Waals surface area contributed by atoms with Crippen molar-refractivity contribution in [3.63, 3.8) is 0 Å². The molecule has 0 saturated carbocycles. The third kappa shape index (κ3) is 6.99. The maximum Gasteiger partial charge on any atom is 0.317 e. The molecular weight excluding hydrogens is 274 g/mol. The van der Waals surface area contributed by atoms with Gasteiger partial charge in [-0.3, -0.25) is 4.90 Å². The number of nitrogens with zero attached hydrogens (tertiary/aromatic N) is 2. The normalized spacial score (nSPS) is 15.7. The smallest absolute Gasteiger partial charge is 0.317 e. The van der Waals surface area contributed by atoms with Gasteiger partial charge in [-0.05, 0) is 18.3 Å². The van der Waals surface area contributed by atoms with Crippen molar-refractivity contribution in [1.82, 2.24) is 15.1 Å². The maximum atomic E-state index is 12.1. The van der Waals surface area contributed by atoms with E-state index in [2.05, 4.69) is 44.8 Å². The predicted octanol–water partition coefficient (Wildman–Crippen LogP) is 3.57. The summed E-state index contributed by atoms with van der Waals surface area (Å²) in [5.41, 5.74) is 0. The fraction of sp³-hybridized carbons (Fsp3) is 0.944. The zero-order valence-electron chi connectivity index (χ0n) is 15.4. The number of urea groups is 1. The van der Waals surface area contributed by atoms with Gasteiger partial charge >= 0.3 is 6.03 Å². The van der Waals surface area contributed by atoms with Gasteiger partial charge in [0.2, 0.25) is 0 Å². The average Bonchev–Trinajstić information content (AvgIpc) is 2.35. The number of hydrogen-bond donors (Lipinski definition) is 1. The van der Waals surface area contributed by atoms with Gasteiger partial charge in [0.15, 0.2) is 0 Å². The van der Waals surface area contributed by atoms with E-state index >= 15 is 0 Å². The van der Waals surface area contributed by atoms with Crippen molar-refractivity contribution in [1.29, 1.82) is 0 Å². The first-order valence-electron chi connectivity index (χ1n) is 9.20. The summed E-state index contributed by atoms with van der Waals surface area (Å²) in [4.78, 5) is 16.6. The second-order valence-electron chi connectivity index (χ2n) is 7.59. The van der Waals surface area contributed by atoms with E-state index in [4.69, 9.17) is 0 Å². The van der Waals surface area contributed by atoms with Gasteiger partial charge in [-0.15, -0.1) is 0 Å². The van der Waals surface area contributed by atoms with Crippen molar-refractivity contribution in [2.75, 3.05) is 32.7 Å². The molecule has 22 heavy (non-hydrogen) atoms. The molecule has 1 rings (SSSR count). The Morgan fingerprint density at radius 3 is 2.18 bits per heavy atom. The Kier molecular flexibility index (Phi) is 8.84. The fourth-order valence-corrected chi connectivity index (χ4v) is 3.02. The van der Waals surface area contributed by atoms with E-state index in [-0.39, 0.29) is 6.03 Å². The molecule has 0 radical (unpaired) electrons. The number of unbranched alkanes of at least 4 members (excludes halogenated alkanes) is 3. The molecule has 0 aromatic carbocycles. The van der Waals surface area contributed by atoms with Crippen LogP contribution in [0.3, 0.4) is 0 Å². The van der Waals surface area contributed by atoms with Gasteiger partial charge in [0.25, 0.3) is 0 Å². The second-order valence-corrected chi connectivity index (χ2v) is 7.59. The Bertz CT molecular complexity index is 301. The van der Waals surface area contributed by atoms with Gasteiger partial charge < -0.3 is 10.2 Å². The molecule has 1 heterocycles. The van der Waals surface area contributed by atoms with E-state index in [9.17, 15) is 4.79 Å². The summed E-state index contributed by atoms with van der Waals surface area (Å²) in [5, 5.41) is 3.05. The molecule has 0 aliphatic carbocycles. The van der Waals surface area contributed by atoms with Crippen LogP contribution in [0.5, 0.6) is 0 Å². The molecule has 0 spiro atoms. The van der Waals surface area contributed by atoms with Crippen LogP contribution < -0.4 is 5.32 Å². The first-order chi connectivity index (χ1) is 10.4. The molecule has 1 N–H and O–H groups in total. The minimum atomic E-state index is 0.127. The fourth-order valence-electron chi connectivity index (χ4n) is 3.02. The summed E-state index contributed by atoms with van der Waals surface area (Å²) in [6.45, 7) is 16.2. The maximum absolute atomic E-state index is 12.1. The molecular formula is C18H37N3O. The van der Waals surface area contributed by atoms with Crippen molar-refractivity contribution in [2.45, 2.75) is 66.3 Å². The highest BCUT2D eigenvalue weighted by Gasteiger charge is 2.34. The Morgan fingerprint density at radius 2 is 1.68 bits per heavy atom. The van der Waals surface area contributed by atoms with Gasteiger partial charge in [-0.2, -0.15) is 0 Å². The van der Waals surface area contributed by atoms with Crippen LogP contribution in [0, 0.1) is 11.8 Å². The lowest BCUT2D eigenvalue weighted by Crippen LogP contribution is -2.63. The van der Waals surface area contributed by atoms with Gasteiger partial charge in [-0.25, -0.2) is 4.79 Å². The molecule has 0 aromatic rings. The van der Waals surface area contributed by atoms with Crippen LogP contribution in [0.15, 0.2) is 0 Å². The molecule has 0 aromatic heterocycles. The number of hydrogen-bond acceptors (Lipinski definition) is 2. The van der Waals surface area contributed by atoms with E-state index in [1.165, 1.54) is 19.3 Å². The number of rotatable bonds is 10. The molecule has 1 aliphatic rings. The highest BCUT2D eigenvalue weighted by atomic mass is 16.2. The van der Waals surface area contributed by atoms with Crippen molar-refractivity contribution in [3.05, 3.63) is 0 Å². The second kappa shape index (κ2) is 10.1. The van der Waals surface area contributed by atoms with Gasteiger partial charge in [0.1, 0.15) is 0 Å². The first kappa shape index (κ1) is 19.3. The minimum Gasteiger partial charge on any atom is -0.338 e. The van der Waals surface area contributed by atoms with E-state index in [0.717, 1.165) is 39.1 Å². The number of carbonyl (C=O) groups is 1.